The molecule has 1 fully saturated rings. The van der Waals surface area contributed by atoms with Gasteiger partial charge in [0.25, 0.3) is 11.7 Å². The number of hydrogen-bond acceptors (Lipinski definition) is 6. The molecule has 168 valence electrons. The zero-order valence-corrected chi connectivity index (χ0v) is 18.0. The highest BCUT2D eigenvalue weighted by Gasteiger charge is 2.47. The lowest BCUT2D eigenvalue weighted by Crippen LogP contribution is -2.29. The molecular weight excluding hydrogens is 427 g/mol. The van der Waals surface area contributed by atoms with E-state index in [4.69, 9.17) is 9.47 Å². The van der Waals surface area contributed by atoms with Gasteiger partial charge in [-0.05, 0) is 36.4 Å². The predicted molar refractivity (Wildman–Crippen MR) is 118 cm³/mol. The van der Waals surface area contributed by atoms with Crippen LogP contribution >= 0.6 is 0 Å². The molecule has 0 bridgehead atoms. The second-order valence-electron chi connectivity index (χ2n) is 7.33. The maximum absolute atomic E-state index is 14.0. The number of pyridine rings is 1. The molecule has 2 heterocycles. The standard InChI is InChI=1S/C25H21FN2O5/c1-32-19-9-4-3-8-17(19)22-21(23(29)18-13-15(26)10-11-20(18)33-2)24(30)25(31)28(22)14-16-7-5-6-12-27-16/h3-13,22,29H,14H2,1-2H3/b23-21+. The molecule has 0 radical (unpaired) electrons. The molecule has 1 unspecified atom stereocenters. The Morgan fingerprint density at radius 3 is 2.45 bits per heavy atom. The number of rotatable bonds is 6. The van der Waals surface area contributed by atoms with Gasteiger partial charge in [-0.25, -0.2) is 4.39 Å². The third-order valence-electron chi connectivity index (χ3n) is 5.45. The maximum Gasteiger partial charge on any atom is 0.296 e. The van der Waals surface area contributed by atoms with Crippen LogP contribution in [0.4, 0.5) is 4.39 Å². The molecule has 0 spiro atoms. The smallest absolute Gasteiger partial charge is 0.296 e. The van der Waals surface area contributed by atoms with Crippen LogP contribution in [0.25, 0.3) is 5.76 Å². The van der Waals surface area contributed by atoms with E-state index in [1.165, 1.54) is 31.3 Å². The predicted octanol–water partition coefficient (Wildman–Crippen LogP) is 3.86. The van der Waals surface area contributed by atoms with Crippen LogP contribution in [0.1, 0.15) is 22.9 Å². The zero-order chi connectivity index (χ0) is 23.5. The van der Waals surface area contributed by atoms with E-state index >= 15 is 0 Å². The van der Waals surface area contributed by atoms with Gasteiger partial charge in [0.1, 0.15) is 23.1 Å². The summed E-state index contributed by atoms with van der Waals surface area (Å²) in [6.07, 6.45) is 1.58. The molecular formula is C25H21FN2O5. The van der Waals surface area contributed by atoms with Crippen molar-refractivity contribution in [2.75, 3.05) is 14.2 Å². The van der Waals surface area contributed by atoms with Gasteiger partial charge in [-0.3, -0.25) is 14.6 Å². The van der Waals surface area contributed by atoms with Crippen molar-refractivity contribution in [3.05, 3.63) is 95.1 Å². The van der Waals surface area contributed by atoms with Crippen LogP contribution < -0.4 is 9.47 Å². The SMILES string of the molecule is COc1ccc(F)cc1/C(O)=C1\C(=O)C(=O)N(Cc2ccccn2)C1c1ccccc1OC. The summed E-state index contributed by atoms with van der Waals surface area (Å²) in [5.41, 5.74) is 0.826. The van der Waals surface area contributed by atoms with Crippen LogP contribution in [0.3, 0.4) is 0 Å². The van der Waals surface area contributed by atoms with Crippen molar-refractivity contribution in [2.45, 2.75) is 12.6 Å². The van der Waals surface area contributed by atoms with Crippen molar-refractivity contribution in [1.82, 2.24) is 9.88 Å². The number of ether oxygens (including phenoxy) is 2. The lowest BCUT2D eigenvalue weighted by Gasteiger charge is -2.26. The molecule has 1 aliphatic heterocycles. The summed E-state index contributed by atoms with van der Waals surface area (Å²) in [5.74, 6) is -2.30. The minimum atomic E-state index is -0.990. The fourth-order valence-corrected chi connectivity index (χ4v) is 3.94. The number of methoxy groups -OCH3 is 2. The van der Waals surface area contributed by atoms with E-state index in [1.54, 1.807) is 48.7 Å². The fourth-order valence-electron chi connectivity index (χ4n) is 3.94. The first-order valence-corrected chi connectivity index (χ1v) is 10.1. The number of aliphatic hydroxyl groups is 1. The Kier molecular flexibility index (Phi) is 6.08. The number of carbonyl (C=O) groups excluding carboxylic acids is 2. The Balaban J connectivity index is 1.95. The highest BCUT2D eigenvalue weighted by molar-refractivity contribution is 6.46. The first kappa shape index (κ1) is 22.0. The summed E-state index contributed by atoms with van der Waals surface area (Å²) in [7, 11) is 2.83. The number of carbonyl (C=O) groups is 2. The van der Waals surface area contributed by atoms with Crippen LogP contribution in [0.2, 0.25) is 0 Å². The van der Waals surface area contributed by atoms with Crippen LogP contribution in [0.15, 0.2) is 72.4 Å². The number of amides is 1. The lowest BCUT2D eigenvalue weighted by atomic mass is 9.94. The summed E-state index contributed by atoms with van der Waals surface area (Å²) in [4.78, 5) is 31.9. The number of ketones is 1. The summed E-state index contributed by atoms with van der Waals surface area (Å²) >= 11 is 0. The highest BCUT2D eigenvalue weighted by Crippen LogP contribution is 2.44. The van der Waals surface area contributed by atoms with E-state index in [-0.39, 0.29) is 23.4 Å². The van der Waals surface area contributed by atoms with Gasteiger partial charge >= 0.3 is 0 Å². The number of nitrogens with zero attached hydrogens (tertiary/aromatic N) is 2. The van der Waals surface area contributed by atoms with Gasteiger partial charge in [-0.2, -0.15) is 0 Å². The monoisotopic (exact) mass is 448 g/mol. The fraction of sp³-hybridized carbons (Fsp3) is 0.160. The number of likely N-dealkylation sites (tertiary alicyclic amines) is 1. The van der Waals surface area contributed by atoms with Crippen molar-refractivity contribution < 1.29 is 28.6 Å². The number of benzene rings is 2. The first-order chi connectivity index (χ1) is 16.0. The molecule has 33 heavy (non-hydrogen) atoms. The first-order valence-electron chi connectivity index (χ1n) is 10.1. The molecule has 0 aliphatic carbocycles. The average Bonchev–Trinajstić information content (AvgIpc) is 3.09. The van der Waals surface area contributed by atoms with Gasteiger partial charge in [0.15, 0.2) is 0 Å². The van der Waals surface area contributed by atoms with Crippen LogP contribution in [-0.2, 0) is 16.1 Å². The van der Waals surface area contributed by atoms with Gasteiger partial charge in [-0.1, -0.05) is 24.3 Å². The molecule has 7 nitrogen and oxygen atoms in total. The number of halogens is 1. The molecule has 1 N–H and O–H groups in total. The van der Waals surface area contributed by atoms with Crippen LogP contribution in [0.5, 0.6) is 11.5 Å². The van der Waals surface area contributed by atoms with E-state index in [9.17, 15) is 19.1 Å². The minimum absolute atomic E-state index is 0.0190. The van der Waals surface area contributed by atoms with Gasteiger partial charge in [0, 0.05) is 11.8 Å². The molecule has 3 aromatic rings. The second kappa shape index (κ2) is 9.12. The van der Waals surface area contributed by atoms with Crippen LogP contribution in [0, 0.1) is 5.82 Å². The Labute approximate surface area is 189 Å². The number of Topliss-reactive ketones (excluding diaryl/α,β-unsaturated/α-hetero) is 1. The second-order valence-corrected chi connectivity index (χ2v) is 7.33. The van der Waals surface area contributed by atoms with E-state index in [1.807, 2.05) is 0 Å². The summed E-state index contributed by atoms with van der Waals surface area (Å²) < 4.78 is 24.7. The van der Waals surface area contributed by atoms with Crippen molar-refractivity contribution in [3.8, 4) is 11.5 Å². The zero-order valence-electron chi connectivity index (χ0n) is 18.0. The lowest BCUT2D eigenvalue weighted by molar-refractivity contribution is -0.140. The van der Waals surface area contributed by atoms with E-state index in [0.717, 1.165) is 6.07 Å². The molecule has 1 atom stereocenters. The maximum atomic E-state index is 14.0. The van der Waals surface area contributed by atoms with Gasteiger partial charge in [0.2, 0.25) is 0 Å². The Morgan fingerprint density at radius 2 is 1.76 bits per heavy atom. The normalized spacial score (nSPS) is 17.3. The van der Waals surface area contributed by atoms with Crippen molar-refractivity contribution in [1.29, 1.82) is 0 Å². The Bertz CT molecular complexity index is 1240. The van der Waals surface area contributed by atoms with Crippen molar-refractivity contribution in [3.63, 3.8) is 0 Å². The van der Waals surface area contributed by atoms with Crippen LogP contribution in [-0.4, -0.2) is 40.9 Å². The average molecular weight is 448 g/mol. The summed E-state index contributed by atoms with van der Waals surface area (Å²) in [5, 5.41) is 11.2. The van der Waals surface area contributed by atoms with Gasteiger partial charge in [-0.15, -0.1) is 0 Å². The third-order valence-corrected chi connectivity index (χ3v) is 5.45. The molecule has 1 saturated heterocycles. The largest absolute Gasteiger partial charge is 0.507 e. The molecule has 0 saturated carbocycles. The summed E-state index contributed by atoms with van der Waals surface area (Å²) in [6.45, 7) is 0.0190. The Morgan fingerprint density at radius 1 is 1.03 bits per heavy atom. The minimum Gasteiger partial charge on any atom is -0.507 e. The van der Waals surface area contributed by atoms with E-state index in [2.05, 4.69) is 4.98 Å². The molecule has 1 aromatic heterocycles. The number of aromatic nitrogens is 1. The van der Waals surface area contributed by atoms with E-state index in [0.29, 0.717) is 17.0 Å². The van der Waals surface area contributed by atoms with Crippen molar-refractivity contribution in [2.24, 2.45) is 0 Å². The van der Waals surface area contributed by atoms with Gasteiger partial charge in [0.05, 0.1) is 43.6 Å². The van der Waals surface area contributed by atoms with Gasteiger partial charge < -0.3 is 19.5 Å². The van der Waals surface area contributed by atoms with E-state index < -0.39 is 29.3 Å². The number of para-hydroxylation sites is 1. The summed E-state index contributed by atoms with van der Waals surface area (Å²) in [6, 6.07) is 14.7. The Hall–Kier alpha value is -4.20. The van der Waals surface area contributed by atoms with Crippen molar-refractivity contribution >= 4 is 17.4 Å². The molecule has 8 heteroatoms. The number of aliphatic hydroxyl groups excluding tert-OH is 1. The molecule has 4 rings (SSSR count). The number of hydrogen-bond donors (Lipinski definition) is 1. The quantitative estimate of drug-likeness (QED) is 0.350. The topological polar surface area (TPSA) is 89.0 Å². The highest BCUT2D eigenvalue weighted by atomic mass is 19.1. The molecule has 2 aromatic carbocycles. The molecule has 1 aliphatic rings. The molecule has 1 amide bonds. The third kappa shape index (κ3) is 4.03.